The first-order valence-electron chi connectivity index (χ1n) is 8.32. The lowest BCUT2D eigenvalue weighted by Gasteiger charge is -2.33. The number of anilines is 1. The van der Waals surface area contributed by atoms with Gasteiger partial charge in [-0.3, -0.25) is 0 Å². The number of rotatable bonds is 4. The van der Waals surface area contributed by atoms with Gasteiger partial charge < -0.3 is 19.7 Å². The van der Waals surface area contributed by atoms with Gasteiger partial charge in [-0.15, -0.1) is 11.3 Å². The summed E-state index contributed by atoms with van der Waals surface area (Å²) in [6.07, 6.45) is -6.14. The van der Waals surface area contributed by atoms with Crippen molar-refractivity contribution in [2.75, 3.05) is 31.1 Å². The van der Waals surface area contributed by atoms with E-state index in [2.05, 4.69) is 10.3 Å². The fourth-order valence-electron chi connectivity index (χ4n) is 2.39. The standard InChI is InChI=1S/C16H24F3N3O3S/c1-10-11(5-6-20-14(23)25-15(2,3)4)26-13(21-10)22-7-8-24-12(9-22)16(17,18)19/h12H,5-9H2,1-4H3,(H,20,23)/t12-/m1/s1. The van der Waals surface area contributed by atoms with E-state index in [1.165, 1.54) is 11.3 Å². The molecule has 0 saturated carbocycles. The van der Waals surface area contributed by atoms with E-state index in [1.54, 1.807) is 25.7 Å². The highest BCUT2D eigenvalue weighted by molar-refractivity contribution is 7.15. The van der Waals surface area contributed by atoms with Crippen molar-refractivity contribution < 1.29 is 27.4 Å². The first kappa shape index (κ1) is 20.8. The molecular weight excluding hydrogens is 371 g/mol. The molecule has 26 heavy (non-hydrogen) atoms. The van der Waals surface area contributed by atoms with Crippen LogP contribution in [0.15, 0.2) is 0 Å². The molecule has 2 rings (SSSR count). The van der Waals surface area contributed by atoms with Crippen LogP contribution in [-0.4, -0.2) is 55.2 Å². The number of alkyl halides is 3. The zero-order valence-electron chi connectivity index (χ0n) is 15.3. The van der Waals surface area contributed by atoms with E-state index in [0.29, 0.717) is 24.6 Å². The fraction of sp³-hybridized carbons (Fsp3) is 0.750. The van der Waals surface area contributed by atoms with Gasteiger partial charge in [-0.2, -0.15) is 13.2 Å². The third-order valence-electron chi connectivity index (χ3n) is 3.60. The van der Waals surface area contributed by atoms with E-state index < -0.39 is 24.0 Å². The lowest BCUT2D eigenvalue weighted by Crippen LogP contribution is -2.49. The number of amides is 1. The maximum absolute atomic E-state index is 12.9. The summed E-state index contributed by atoms with van der Waals surface area (Å²) in [5, 5.41) is 3.21. The number of aryl methyl sites for hydroxylation is 1. The van der Waals surface area contributed by atoms with E-state index >= 15 is 0 Å². The van der Waals surface area contributed by atoms with Gasteiger partial charge >= 0.3 is 12.3 Å². The molecule has 1 atom stereocenters. The molecule has 1 aliphatic rings. The van der Waals surface area contributed by atoms with Gasteiger partial charge in [-0.05, 0) is 27.7 Å². The Morgan fingerprint density at radius 1 is 1.42 bits per heavy atom. The number of hydrogen-bond donors (Lipinski definition) is 1. The highest BCUT2D eigenvalue weighted by atomic mass is 32.1. The largest absolute Gasteiger partial charge is 0.444 e. The molecule has 0 aliphatic carbocycles. The molecule has 1 aromatic heterocycles. The Morgan fingerprint density at radius 2 is 2.12 bits per heavy atom. The minimum absolute atomic E-state index is 0.0122. The summed E-state index contributed by atoms with van der Waals surface area (Å²) in [5.41, 5.74) is 0.189. The van der Waals surface area contributed by atoms with Crippen LogP contribution in [0.25, 0.3) is 0 Å². The van der Waals surface area contributed by atoms with Gasteiger partial charge in [0.1, 0.15) is 5.60 Å². The number of thiazole rings is 1. The van der Waals surface area contributed by atoms with Crippen molar-refractivity contribution in [3.8, 4) is 0 Å². The third-order valence-corrected chi connectivity index (χ3v) is 4.88. The predicted octanol–water partition coefficient (Wildman–Crippen LogP) is 3.29. The summed E-state index contributed by atoms with van der Waals surface area (Å²) in [5.74, 6) is 0. The lowest BCUT2D eigenvalue weighted by molar-refractivity contribution is -0.221. The molecule has 10 heteroatoms. The number of carbonyl (C=O) groups excluding carboxylic acids is 1. The van der Waals surface area contributed by atoms with Crippen molar-refractivity contribution in [1.82, 2.24) is 10.3 Å². The average Bonchev–Trinajstić information content (AvgIpc) is 2.86. The molecule has 1 aliphatic heterocycles. The Hall–Kier alpha value is -1.55. The van der Waals surface area contributed by atoms with Gasteiger partial charge in [0.15, 0.2) is 11.2 Å². The van der Waals surface area contributed by atoms with E-state index in [-0.39, 0.29) is 13.2 Å². The number of ether oxygens (including phenoxy) is 2. The summed E-state index contributed by atoms with van der Waals surface area (Å²) in [4.78, 5) is 18.6. The number of nitrogens with one attached hydrogen (secondary N) is 1. The van der Waals surface area contributed by atoms with Crippen LogP contribution in [-0.2, 0) is 15.9 Å². The first-order valence-corrected chi connectivity index (χ1v) is 9.14. The lowest BCUT2D eigenvalue weighted by atomic mass is 10.2. The van der Waals surface area contributed by atoms with E-state index in [4.69, 9.17) is 9.47 Å². The van der Waals surface area contributed by atoms with Crippen molar-refractivity contribution >= 4 is 22.6 Å². The normalized spacial score (nSPS) is 18.7. The van der Waals surface area contributed by atoms with Crippen molar-refractivity contribution in [1.29, 1.82) is 0 Å². The summed E-state index contributed by atoms with van der Waals surface area (Å²) in [6, 6.07) is 0. The molecule has 1 aromatic rings. The number of alkyl carbamates (subject to hydrolysis) is 1. The van der Waals surface area contributed by atoms with Crippen molar-refractivity contribution in [2.24, 2.45) is 0 Å². The molecular formula is C16H24F3N3O3S. The van der Waals surface area contributed by atoms with E-state index in [1.807, 2.05) is 6.92 Å². The summed E-state index contributed by atoms with van der Waals surface area (Å²) >= 11 is 1.34. The Kier molecular flexibility index (Phi) is 6.38. The molecule has 6 nitrogen and oxygen atoms in total. The highest BCUT2D eigenvalue weighted by Gasteiger charge is 2.43. The Morgan fingerprint density at radius 3 is 2.73 bits per heavy atom. The molecule has 1 amide bonds. The molecule has 1 fully saturated rings. The summed E-state index contributed by atoms with van der Waals surface area (Å²) in [7, 11) is 0. The second kappa shape index (κ2) is 7.99. The van der Waals surface area contributed by atoms with E-state index in [0.717, 1.165) is 10.6 Å². The second-order valence-corrected chi connectivity index (χ2v) is 8.09. The number of morpholine rings is 1. The molecule has 1 N–H and O–H groups in total. The summed E-state index contributed by atoms with van der Waals surface area (Å²) < 4.78 is 48.5. The van der Waals surface area contributed by atoms with Crippen LogP contribution in [0.3, 0.4) is 0 Å². The highest BCUT2D eigenvalue weighted by Crippen LogP contribution is 2.31. The van der Waals surface area contributed by atoms with Gasteiger partial charge in [0.2, 0.25) is 0 Å². The van der Waals surface area contributed by atoms with Crippen molar-refractivity contribution in [3.63, 3.8) is 0 Å². The van der Waals surface area contributed by atoms with Crippen LogP contribution in [0.5, 0.6) is 0 Å². The zero-order chi connectivity index (χ0) is 19.5. The van der Waals surface area contributed by atoms with Crippen LogP contribution >= 0.6 is 11.3 Å². The van der Waals surface area contributed by atoms with Crippen LogP contribution in [0.2, 0.25) is 0 Å². The number of aromatic nitrogens is 1. The minimum Gasteiger partial charge on any atom is -0.444 e. The minimum atomic E-state index is -4.38. The van der Waals surface area contributed by atoms with Crippen LogP contribution < -0.4 is 10.2 Å². The second-order valence-electron chi connectivity index (χ2n) is 7.03. The van der Waals surface area contributed by atoms with Crippen molar-refractivity contribution in [2.45, 2.75) is 52.0 Å². The van der Waals surface area contributed by atoms with Gasteiger partial charge in [-0.1, -0.05) is 0 Å². The fourth-order valence-corrected chi connectivity index (χ4v) is 3.49. The van der Waals surface area contributed by atoms with Crippen molar-refractivity contribution in [3.05, 3.63) is 10.6 Å². The Bertz CT molecular complexity index is 628. The SMILES string of the molecule is Cc1nc(N2CCO[C@@H](C(F)(F)F)C2)sc1CCNC(=O)OC(C)(C)C. The summed E-state index contributed by atoms with van der Waals surface area (Å²) in [6.45, 7) is 7.64. The predicted molar refractivity (Wildman–Crippen MR) is 92.8 cm³/mol. The number of carbonyl (C=O) groups is 1. The quantitative estimate of drug-likeness (QED) is 0.848. The maximum atomic E-state index is 12.9. The van der Waals surface area contributed by atoms with E-state index in [9.17, 15) is 18.0 Å². The van der Waals surface area contributed by atoms with Gasteiger partial charge in [-0.25, -0.2) is 9.78 Å². The number of hydrogen-bond acceptors (Lipinski definition) is 6. The Labute approximate surface area is 154 Å². The topological polar surface area (TPSA) is 63.7 Å². The molecule has 0 radical (unpaired) electrons. The van der Waals surface area contributed by atoms with Crippen LogP contribution in [0, 0.1) is 6.92 Å². The third kappa shape index (κ3) is 6.01. The average molecular weight is 395 g/mol. The molecule has 148 valence electrons. The Balaban J connectivity index is 1.91. The molecule has 1 saturated heterocycles. The molecule has 0 bridgehead atoms. The van der Waals surface area contributed by atoms with Crippen LogP contribution in [0.4, 0.5) is 23.1 Å². The molecule has 2 heterocycles. The monoisotopic (exact) mass is 395 g/mol. The first-order chi connectivity index (χ1) is 12.0. The van der Waals surface area contributed by atoms with Crippen LogP contribution in [0.1, 0.15) is 31.3 Å². The maximum Gasteiger partial charge on any atom is 0.416 e. The molecule has 0 unspecified atom stereocenters. The number of halogens is 3. The number of nitrogens with zero attached hydrogens (tertiary/aromatic N) is 2. The molecule has 0 aromatic carbocycles. The van der Waals surface area contributed by atoms with Gasteiger partial charge in [0.25, 0.3) is 0 Å². The van der Waals surface area contributed by atoms with Gasteiger partial charge in [0.05, 0.1) is 18.8 Å². The van der Waals surface area contributed by atoms with Gasteiger partial charge in [0, 0.05) is 24.4 Å². The smallest absolute Gasteiger partial charge is 0.416 e. The zero-order valence-corrected chi connectivity index (χ0v) is 16.1. The molecule has 0 spiro atoms.